The number of hydrogen-bond acceptors (Lipinski definition) is 2. The third-order valence-corrected chi connectivity index (χ3v) is 2.94. The lowest BCUT2D eigenvalue weighted by Crippen LogP contribution is -2.42. The Morgan fingerprint density at radius 3 is 2.92 bits per heavy atom. The van der Waals surface area contributed by atoms with Gasteiger partial charge in [-0.15, -0.1) is 0 Å². The molecular formula is C10H13NO. The van der Waals surface area contributed by atoms with Gasteiger partial charge in [0.05, 0.1) is 5.60 Å². The molecule has 1 heterocycles. The molecule has 1 aromatic rings. The van der Waals surface area contributed by atoms with Crippen molar-refractivity contribution >= 4 is 0 Å². The monoisotopic (exact) mass is 163 g/mol. The van der Waals surface area contributed by atoms with Crippen LogP contribution in [0.15, 0.2) is 24.5 Å². The van der Waals surface area contributed by atoms with Crippen molar-refractivity contribution in [3.63, 3.8) is 0 Å². The molecule has 0 saturated heterocycles. The molecule has 64 valence electrons. The summed E-state index contributed by atoms with van der Waals surface area (Å²) >= 11 is 0. The van der Waals surface area contributed by atoms with E-state index in [2.05, 4.69) is 11.9 Å². The molecule has 1 N–H and O–H groups in total. The minimum absolute atomic E-state index is 0.377. The number of aromatic nitrogens is 1. The Hall–Kier alpha value is -0.890. The quantitative estimate of drug-likeness (QED) is 0.683. The second kappa shape index (κ2) is 2.56. The molecule has 0 radical (unpaired) electrons. The van der Waals surface area contributed by atoms with Crippen molar-refractivity contribution in [2.75, 3.05) is 0 Å². The fraction of sp³-hybridized carbons (Fsp3) is 0.500. The largest absolute Gasteiger partial charge is 0.385 e. The maximum Gasteiger partial charge on any atom is 0.0936 e. The first kappa shape index (κ1) is 7.74. The molecule has 1 aromatic heterocycles. The van der Waals surface area contributed by atoms with Gasteiger partial charge in [0, 0.05) is 18.0 Å². The third kappa shape index (κ3) is 0.950. The van der Waals surface area contributed by atoms with Gasteiger partial charge in [0.25, 0.3) is 0 Å². The minimum atomic E-state index is -0.589. The van der Waals surface area contributed by atoms with Crippen LogP contribution in [0.5, 0.6) is 0 Å². The van der Waals surface area contributed by atoms with Crippen LogP contribution in [0, 0.1) is 5.92 Å². The lowest BCUT2D eigenvalue weighted by molar-refractivity contribution is -0.0933. The molecule has 2 rings (SSSR count). The fourth-order valence-corrected chi connectivity index (χ4v) is 1.75. The number of aliphatic hydroxyl groups is 1. The predicted molar refractivity (Wildman–Crippen MR) is 46.5 cm³/mol. The minimum Gasteiger partial charge on any atom is -0.385 e. The third-order valence-electron chi connectivity index (χ3n) is 2.94. The number of rotatable bonds is 1. The zero-order valence-corrected chi connectivity index (χ0v) is 7.20. The smallest absolute Gasteiger partial charge is 0.0936 e. The first-order valence-corrected chi connectivity index (χ1v) is 4.36. The first-order chi connectivity index (χ1) is 5.73. The van der Waals surface area contributed by atoms with Gasteiger partial charge in [-0.05, 0) is 24.8 Å². The van der Waals surface area contributed by atoms with Gasteiger partial charge in [0.1, 0.15) is 0 Å². The van der Waals surface area contributed by atoms with Crippen molar-refractivity contribution < 1.29 is 5.11 Å². The molecule has 1 aliphatic rings. The lowest BCUT2D eigenvalue weighted by Gasteiger charge is -2.43. The molecule has 0 amide bonds. The van der Waals surface area contributed by atoms with Gasteiger partial charge in [-0.2, -0.15) is 0 Å². The van der Waals surface area contributed by atoms with Gasteiger partial charge in [0.15, 0.2) is 0 Å². The average molecular weight is 163 g/mol. The maximum absolute atomic E-state index is 10.1. The standard InChI is InChI=1S/C10H13NO/c1-8-4-5-10(8,12)9-3-2-6-11-7-9/h2-3,6-8,12H,4-5H2,1H3. The topological polar surface area (TPSA) is 33.1 Å². The summed E-state index contributed by atoms with van der Waals surface area (Å²) in [5.74, 6) is 0.377. The molecule has 0 aromatic carbocycles. The van der Waals surface area contributed by atoms with Gasteiger partial charge in [-0.25, -0.2) is 0 Å². The van der Waals surface area contributed by atoms with Crippen molar-refractivity contribution in [1.29, 1.82) is 0 Å². The Kier molecular flexibility index (Phi) is 1.65. The van der Waals surface area contributed by atoms with Crippen LogP contribution in [0.3, 0.4) is 0 Å². The summed E-state index contributed by atoms with van der Waals surface area (Å²) in [6.07, 6.45) is 5.48. The summed E-state index contributed by atoms with van der Waals surface area (Å²) in [6.45, 7) is 2.08. The Balaban J connectivity index is 2.31. The van der Waals surface area contributed by atoms with E-state index in [0.717, 1.165) is 18.4 Å². The van der Waals surface area contributed by atoms with Crippen LogP contribution < -0.4 is 0 Å². The normalized spacial score (nSPS) is 34.3. The van der Waals surface area contributed by atoms with Crippen LogP contribution in [0.25, 0.3) is 0 Å². The van der Waals surface area contributed by atoms with Crippen molar-refractivity contribution in [3.05, 3.63) is 30.1 Å². The summed E-state index contributed by atoms with van der Waals surface area (Å²) in [4.78, 5) is 4.01. The van der Waals surface area contributed by atoms with E-state index in [1.165, 1.54) is 0 Å². The van der Waals surface area contributed by atoms with Crippen LogP contribution in [0.1, 0.15) is 25.3 Å². The lowest BCUT2D eigenvalue weighted by atomic mass is 9.67. The SMILES string of the molecule is CC1CCC1(O)c1cccnc1. The average Bonchev–Trinajstić information content (AvgIpc) is 2.16. The number of nitrogens with zero attached hydrogens (tertiary/aromatic N) is 1. The Morgan fingerprint density at radius 1 is 1.67 bits per heavy atom. The Morgan fingerprint density at radius 2 is 2.50 bits per heavy atom. The molecule has 1 aliphatic carbocycles. The first-order valence-electron chi connectivity index (χ1n) is 4.36. The molecule has 2 heteroatoms. The van der Waals surface area contributed by atoms with Crippen LogP contribution in [-0.2, 0) is 5.60 Å². The summed E-state index contributed by atoms with van der Waals surface area (Å²) in [5.41, 5.74) is 0.373. The van der Waals surface area contributed by atoms with Crippen LogP contribution in [0.2, 0.25) is 0 Å². The van der Waals surface area contributed by atoms with E-state index in [-0.39, 0.29) is 0 Å². The maximum atomic E-state index is 10.1. The molecule has 2 nitrogen and oxygen atoms in total. The summed E-state index contributed by atoms with van der Waals surface area (Å²) in [5, 5.41) is 10.1. The zero-order chi connectivity index (χ0) is 8.60. The predicted octanol–water partition coefficient (Wildman–Crippen LogP) is 1.70. The van der Waals surface area contributed by atoms with E-state index in [9.17, 15) is 5.11 Å². The summed E-state index contributed by atoms with van der Waals surface area (Å²) < 4.78 is 0. The second-order valence-corrected chi connectivity index (χ2v) is 3.61. The van der Waals surface area contributed by atoms with Crippen molar-refractivity contribution in [2.45, 2.75) is 25.4 Å². The van der Waals surface area contributed by atoms with Crippen molar-refractivity contribution in [1.82, 2.24) is 4.98 Å². The van der Waals surface area contributed by atoms with E-state index in [1.54, 1.807) is 12.4 Å². The molecule has 12 heavy (non-hydrogen) atoms. The molecule has 0 aliphatic heterocycles. The number of hydrogen-bond donors (Lipinski definition) is 1. The molecule has 0 bridgehead atoms. The van der Waals surface area contributed by atoms with Crippen LogP contribution in [-0.4, -0.2) is 10.1 Å². The molecule has 2 atom stereocenters. The highest BCUT2D eigenvalue weighted by atomic mass is 16.3. The summed E-state index contributed by atoms with van der Waals surface area (Å²) in [6, 6.07) is 3.82. The molecular weight excluding hydrogens is 150 g/mol. The zero-order valence-electron chi connectivity index (χ0n) is 7.20. The van der Waals surface area contributed by atoms with E-state index >= 15 is 0 Å². The van der Waals surface area contributed by atoms with Crippen LogP contribution >= 0.6 is 0 Å². The van der Waals surface area contributed by atoms with Crippen molar-refractivity contribution in [2.24, 2.45) is 5.92 Å². The molecule has 1 saturated carbocycles. The van der Waals surface area contributed by atoms with E-state index in [1.807, 2.05) is 12.1 Å². The summed E-state index contributed by atoms with van der Waals surface area (Å²) in [7, 11) is 0. The van der Waals surface area contributed by atoms with E-state index in [4.69, 9.17) is 0 Å². The van der Waals surface area contributed by atoms with Gasteiger partial charge in [-0.3, -0.25) is 4.98 Å². The number of pyridine rings is 1. The molecule has 0 spiro atoms. The highest BCUT2D eigenvalue weighted by Crippen LogP contribution is 2.45. The van der Waals surface area contributed by atoms with E-state index < -0.39 is 5.60 Å². The Bertz CT molecular complexity index is 272. The van der Waals surface area contributed by atoms with Crippen molar-refractivity contribution in [3.8, 4) is 0 Å². The van der Waals surface area contributed by atoms with Gasteiger partial charge in [-0.1, -0.05) is 13.0 Å². The molecule has 2 unspecified atom stereocenters. The van der Waals surface area contributed by atoms with E-state index in [0.29, 0.717) is 5.92 Å². The Labute approximate surface area is 72.3 Å². The van der Waals surface area contributed by atoms with Crippen LogP contribution in [0.4, 0.5) is 0 Å². The van der Waals surface area contributed by atoms with Gasteiger partial charge in [0.2, 0.25) is 0 Å². The second-order valence-electron chi connectivity index (χ2n) is 3.61. The fourth-order valence-electron chi connectivity index (χ4n) is 1.75. The molecule has 1 fully saturated rings. The van der Waals surface area contributed by atoms with Gasteiger partial charge < -0.3 is 5.11 Å². The highest BCUT2D eigenvalue weighted by Gasteiger charge is 2.43. The van der Waals surface area contributed by atoms with Gasteiger partial charge >= 0.3 is 0 Å². The highest BCUT2D eigenvalue weighted by molar-refractivity contribution is 5.22.